The molecule has 1 atom stereocenters. The number of halogens is 4. The standard InChI is InChI=1S/C19H20F3IN2O3/c1-13(17-7-6-16(11-24-17)28-12-19(20,21)22)25-18(26)8-9-27-15-4-2-14(10-23)3-5-15/h2-7,11,13H,8-10,12H2,1H3,(H,25,26)/t13-/m1/s1. The van der Waals surface area contributed by atoms with Crippen LogP contribution >= 0.6 is 22.6 Å². The molecule has 9 heteroatoms. The van der Waals surface area contributed by atoms with Gasteiger partial charge in [-0.2, -0.15) is 13.2 Å². The monoisotopic (exact) mass is 508 g/mol. The lowest BCUT2D eigenvalue weighted by Crippen LogP contribution is -2.28. The Labute approximate surface area is 174 Å². The van der Waals surface area contributed by atoms with E-state index >= 15 is 0 Å². The Morgan fingerprint density at radius 2 is 1.82 bits per heavy atom. The summed E-state index contributed by atoms with van der Waals surface area (Å²) >= 11 is 2.28. The summed E-state index contributed by atoms with van der Waals surface area (Å²) in [4.78, 5) is 16.1. The summed E-state index contributed by atoms with van der Waals surface area (Å²) < 4.78 is 47.5. The first-order chi connectivity index (χ1) is 13.3. The van der Waals surface area contributed by atoms with E-state index in [1.165, 1.54) is 23.9 Å². The second kappa shape index (κ2) is 10.5. The van der Waals surface area contributed by atoms with Crippen molar-refractivity contribution in [3.63, 3.8) is 0 Å². The number of pyridine rings is 1. The first-order valence-corrected chi connectivity index (χ1v) is 10.0. The van der Waals surface area contributed by atoms with Crippen LogP contribution in [0.4, 0.5) is 13.2 Å². The summed E-state index contributed by atoms with van der Waals surface area (Å²) in [5, 5.41) is 2.77. The molecule has 0 radical (unpaired) electrons. The van der Waals surface area contributed by atoms with Crippen LogP contribution in [0.5, 0.6) is 11.5 Å². The van der Waals surface area contributed by atoms with Crippen molar-refractivity contribution in [2.75, 3.05) is 13.2 Å². The highest BCUT2D eigenvalue weighted by atomic mass is 127. The number of ether oxygens (including phenoxy) is 2. The topological polar surface area (TPSA) is 60.5 Å². The Balaban J connectivity index is 1.75. The van der Waals surface area contributed by atoms with Gasteiger partial charge in [0.05, 0.1) is 31.0 Å². The van der Waals surface area contributed by atoms with Gasteiger partial charge in [0.25, 0.3) is 0 Å². The molecule has 1 aromatic heterocycles. The molecule has 2 aromatic rings. The van der Waals surface area contributed by atoms with Crippen molar-refractivity contribution in [2.45, 2.75) is 30.0 Å². The van der Waals surface area contributed by atoms with Gasteiger partial charge in [0.2, 0.25) is 5.91 Å². The summed E-state index contributed by atoms with van der Waals surface area (Å²) in [5.41, 5.74) is 1.71. The van der Waals surface area contributed by atoms with E-state index in [2.05, 4.69) is 37.6 Å². The number of carbonyl (C=O) groups excluding carboxylic acids is 1. The number of aromatic nitrogens is 1. The molecule has 0 aliphatic rings. The number of hydrogen-bond acceptors (Lipinski definition) is 4. The van der Waals surface area contributed by atoms with Crippen molar-refractivity contribution in [3.05, 3.63) is 53.9 Å². The molecule has 2 rings (SSSR count). The first-order valence-electron chi connectivity index (χ1n) is 8.49. The van der Waals surface area contributed by atoms with Crippen LogP contribution in [0.15, 0.2) is 42.6 Å². The summed E-state index contributed by atoms with van der Waals surface area (Å²) in [5.74, 6) is 0.503. The number of rotatable bonds is 9. The van der Waals surface area contributed by atoms with Gasteiger partial charge in [-0.1, -0.05) is 34.7 Å². The molecular weight excluding hydrogens is 488 g/mol. The summed E-state index contributed by atoms with van der Waals surface area (Å²) in [7, 11) is 0. The van der Waals surface area contributed by atoms with Gasteiger partial charge in [-0.3, -0.25) is 9.78 Å². The average molecular weight is 508 g/mol. The molecule has 28 heavy (non-hydrogen) atoms. The fourth-order valence-corrected chi connectivity index (χ4v) is 2.73. The minimum Gasteiger partial charge on any atom is -0.493 e. The molecule has 0 fully saturated rings. The zero-order chi connectivity index (χ0) is 20.6. The Kier molecular flexibility index (Phi) is 8.34. The van der Waals surface area contributed by atoms with Crippen molar-refractivity contribution in [2.24, 2.45) is 0 Å². The van der Waals surface area contributed by atoms with Crippen molar-refractivity contribution in [1.82, 2.24) is 10.3 Å². The second-order valence-electron chi connectivity index (χ2n) is 5.99. The minimum absolute atomic E-state index is 0.0154. The molecule has 0 bridgehead atoms. The highest BCUT2D eigenvalue weighted by molar-refractivity contribution is 14.1. The van der Waals surface area contributed by atoms with Crippen LogP contribution in [0.25, 0.3) is 0 Å². The lowest BCUT2D eigenvalue weighted by molar-refractivity contribution is -0.153. The molecule has 0 aliphatic carbocycles. The SMILES string of the molecule is C[C@@H](NC(=O)CCOc1ccc(CI)cc1)c1ccc(OCC(F)(F)F)cn1. The van der Waals surface area contributed by atoms with Gasteiger partial charge in [0.15, 0.2) is 6.61 Å². The number of alkyl halides is 4. The lowest BCUT2D eigenvalue weighted by atomic mass is 10.2. The molecule has 0 saturated heterocycles. The van der Waals surface area contributed by atoms with Gasteiger partial charge in [-0.25, -0.2) is 0 Å². The molecule has 0 unspecified atom stereocenters. The van der Waals surface area contributed by atoms with Crippen LogP contribution in [0.1, 0.15) is 30.6 Å². The average Bonchev–Trinajstić information content (AvgIpc) is 2.66. The van der Waals surface area contributed by atoms with Crippen molar-refractivity contribution >= 4 is 28.5 Å². The summed E-state index contributed by atoms with van der Waals surface area (Å²) in [6.45, 7) is 0.598. The Hall–Kier alpha value is -2.04. The van der Waals surface area contributed by atoms with Crippen LogP contribution in [-0.2, 0) is 9.22 Å². The lowest BCUT2D eigenvalue weighted by Gasteiger charge is -2.15. The number of amides is 1. The molecule has 1 aromatic carbocycles. The number of benzene rings is 1. The third-order valence-electron chi connectivity index (χ3n) is 3.66. The first kappa shape index (κ1) is 22.3. The third-order valence-corrected chi connectivity index (χ3v) is 4.54. The van der Waals surface area contributed by atoms with Crippen LogP contribution in [0.2, 0.25) is 0 Å². The maximum atomic E-state index is 12.1. The van der Waals surface area contributed by atoms with E-state index in [9.17, 15) is 18.0 Å². The van der Waals surface area contributed by atoms with E-state index in [0.717, 1.165) is 4.43 Å². The van der Waals surface area contributed by atoms with E-state index in [-0.39, 0.29) is 24.7 Å². The van der Waals surface area contributed by atoms with E-state index in [0.29, 0.717) is 11.4 Å². The quantitative estimate of drug-likeness (QED) is 0.398. The van der Waals surface area contributed by atoms with Gasteiger partial charge in [-0.15, -0.1) is 0 Å². The Morgan fingerprint density at radius 1 is 1.14 bits per heavy atom. The summed E-state index contributed by atoms with van der Waals surface area (Å²) in [6, 6.07) is 10.2. The summed E-state index contributed by atoms with van der Waals surface area (Å²) in [6.07, 6.45) is -3.03. The zero-order valence-electron chi connectivity index (χ0n) is 15.1. The van der Waals surface area contributed by atoms with E-state index in [1.807, 2.05) is 24.3 Å². The second-order valence-corrected chi connectivity index (χ2v) is 6.75. The fourth-order valence-electron chi connectivity index (χ4n) is 2.22. The van der Waals surface area contributed by atoms with E-state index < -0.39 is 18.8 Å². The van der Waals surface area contributed by atoms with Crippen molar-refractivity contribution < 1.29 is 27.4 Å². The van der Waals surface area contributed by atoms with Gasteiger partial charge < -0.3 is 14.8 Å². The molecule has 5 nitrogen and oxygen atoms in total. The largest absolute Gasteiger partial charge is 0.493 e. The maximum Gasteiger partial charge on any atom is 0.422 e. The van der Waals surface area contributed by atoms with Crippen LogP contribution in [0, 0.1) is 0 Å². The van der Waals surface area contributed by atoms with E-state index in [4.69, 9.17) is 4.74 Å². The van der Waals surface area contributed by atoms with Crippen LogP contribution < -0.4 is 14.8 Å². The highest BCUT2D eigenvalue weighted by Gasteiger charge is 2.28. The highest BCUT2D eigenvalue weighted by Crippen LogP contribution is 2.19. The van der Waals surface area contributed by atoms with Crippen molar-refractivity contribution in [1.29, 1.82) is 0 Å². The minimum atomic E-state index is -4.40. The molecule has 0 saturated carbocycles. The molecule has 0 aliphatic heterocycles. The number of hydrogen-bond donors (Lipinski definition) is 1. The van der Waals surface area contributed by atoms with Gasteiger partial charge in [-0.05, 0) is 36.8 Å². The molecule has 152 valence electrons. The molecule has 1 heterocycles. The predicted molar refractivity (Wildman–Crippen MR) is 107 cm³/mol. The van der Waals surface area contributed by atoms with Gasteiger partial charge >= 0.3 is 6.18 Å². The van der Waals surface area contributed by atoms with Crippen molar-refractivity contribution in [3.8, 4) is 11.5 Å². The van der Waals surface area contributed by atoms with E-state index in [1.54, 1.807) is 6.92 Å². The van der Waals surface area contributed by atoms with Gasteiger partial charge in [0, 0.05) is 4.43 Å². The number of nitrogens with one attached hydrogen (secondary N) is 1. The molecule has 1 N–H and O–H groups in total. The molecule has 0 spiro atoms. The molecule has 1 amide bonds. The zero-order valence-corrected chi connectivity index (χ0v) is 17.3. The Morgan fingerprint density at radius 3 is 2.39 bits per heavy atom. The Bertz CT molecular complexity index is 753. The normalized spacial score (nSPS) is 12.3. The number of carbonyl (C=O) groups is 1. The van der Waals surface area contributed by atoms with Crippen LogP contribution in [0.3, 0.4) is 0 Å². The number of nitrogens with zero attached hydrogens (tertiary/aromatic N) is 1. The smallest absolute Gasteiger partial charge is 0.422 e. The molecular formula is C19H20F3IN2O3. The third kappa shape index (κ3) is 7.91. The maximum absolute atomic E-state index is 12.1. The van der Waals surface area contributed by atoms with Gasteiger partial charge in [0.1, 0.15) is 11.5 Å². The fraction of sp³-hybridized carbons (Fsp3) is 0.368. The van der Waals surface area contributed by atoms with Crippen LogP contribution in [-0.4, -0.2) is 30.3 Å². The predicted octanol–water partition coefficient (Wildman–Crippen LogP) is 4.60.